The van der Waals surface area contributed by atoms with Gasteiger partial charge in [0.15, 0.2) is 5.84 Å². The highest BCUT2D eigenvalue weighted by molar-refractivity contribution is 7.90. The molecule has 0 unspecified atom stereocenters. The van der Waals surface area contributed by atoms with Crippen LogP contribution in [0.5, 0.6) is 0 Å². The molecule has 2 aliphatic rings. The maximum Gasteiger partial charge on any atom is 0.259 e. The second kappa shape index (κ2) is 7.36. The van der Waals surface area contributed by atoms with Crippen molar-refractivity contribution in [2.45, 2.75) is 13.8 Å². The van der Waals surface area contributed by atoms with E-state index in [-0.39, 0.29) is 35.5 Å². The molecule has 0 fully saturated rings. The van der Waals surface area contributed by atoms with Crippen molar-refractivity contribution >= 4 is 39.0 Å². The third-order valence-electron chi connectivity index (χ3n) is 4.01. The lowest BCUT2D eigenvalue weighted by molar-refractivity contribution is -0.119. The molecule has 0 radical (unpaired) electrons. The van der Waals surface area contributed by atoms with Crippen LogP contribution in [0.4, 0.5) is 11.4 Å². The number of carbonyl (C=O) groups excluding carboxylic acids is 2. The van der Waals surface area contributed by atoms with Crippen LogP contribution in [0, 0.1) is 5.92 Å². The molecule has 0 spiro atoms. The molecule has 0 aliphatic carbocycles. The molecule has 0 bridgehead atoms. The zero-order valence-corrected chi connectivity index (χ0v) is 15.8. The lowest BCUT2D eigenvalue weighted by Gasteiger charge is -2.28. The molecule has 2 N–H and O–H groups in total. The third kappa shape index (κ3) is 4.43. The van der Waals surface area contributed by atoms with Crippen molar-refractivity contribution in [1.82, 2.24) is 4.90 Å². The number of nitrogens with one attached hydrogen (secondary N) is 2. The molecular weight excluding hydrogens is 368 g/mol. The maximum atomic E-state index is 12.7. The highest BCUT2D eigenvalue weighted by Crippen LogP contribution is 2.21. The molecule has 3 rings (SSSR count). The Bertz CT molecular complexity index is 977. The first kappa shape index (κ1) is 18.8. The number of benzene rings is 1. The Kier molecular flexibility index (Phi) is 5.13. The summed E-state index contributed by atoms with van der Waals surface area (Å²) in [5.74, 6) is -0.749. The van der Waals surface area contributed by atoms with E-state index in [4.69, 9.17) is 0 Å². The van der Waals surface area contributed by atoms with Gasteiger partial charge in [-0.05, 0) is 30.4 Å². The van der Waals surface area contributed by atoms with Gasteiger partial charge in [0.2, 0.25) is 5.91 Å². The average Bonchev–Trinajstić information content (AvgIpc) is 2.60. The molecule has 8 nitrogen and oxygen atoms in total. The first-order valence-electron chi connectivity index (χ1n) is 8.45. The van der Waals surface area contributed by atoms with Crippen molar-refractivity contribution in [3.63, 3.8) is 0 Å². The van der Waals surface area contributed by atoms with Crippen LogP contribution in [-0.2, 0) is 19.6 Å². The number of rotatable bonds is 4. The van der Waals surface area contributed by atoms with Crippen LogP contribution in [0.1, 0.15) is 13.8 Å². The van der Waals surface area contributed by atoms with Crippen molar-refractivity contribution in [3.05, 3.63) is 48.2 Å². The fourth-order valence-corrected chi connectivity index (χ4v) is 3.54. The van der Waals surface area contributed by atoms with E-state index in [2.05, 4.69) is 15.0 Å². The van der Waals surface area contributed by atoms with E-state index >= 15 is 0 Å². The van der Waals surface area contributed by atoms with Crippen molar-refractivity contribution in [2.75, 3.05) is 22.9 Å². The summed E-state index contributed by atoms with van der Waals surface area (Å²) in [6, 6.07) is 6.74. The highest BCUT2D eigenvalue weighted by Gasteiger charge is 2.30. The Balaban J connectivity index is 1.79. The molecule has 1 aromatic carbocycles. The van der Waals surface area contributed by atoms with Gasteiger partial charge in [0.25, 0.3) is 15.9 Å². The number of hydrogen-bond acceptors (Lipinski definition) is 5. The summed E-state index contributed by atoms with van der Waals surface area (Å²) in [5, 5.41) is 5.48. The first-order chi connectivity index (χ1) is 12.7. The zero-order chi connectivity index (χ0) is 19.6. The minimum Gasteiger partial charge on any atom is -0.331 e. The number of allylic oxidation sites excluding steroid dienone is 2. The van der Waals surface area contributed by atoms with E-state index in [9.17, 15) is 18.0 Å². The Hall–Kier alpha value is -2.94. The predicted octanol–water partition coefficient (Wildman–Crippen LogP) is 1.72. The van der Waals surface area contributed by atoms with E-state index in [0.29, 0.717) is 11.4 Å². The number of fused-ring (bicyclic) bond motifs is 1. The Morgan fingerprint density at radius 3 is 2.59 bits per heavy atom. The van der Waals surface area contributed by atoms with Crippen LogP contribution in [0.15, 0.2) is 52.6 Å². The van der Waals surface area contributed by atoms with Gasteiger partial charge >= 0.3 is 0 Å². The SMILES string of the molecule is CC(C)C(=O)Nc1cccc(NC(=O)C2=CC=CN3CCS(=O)(=O)N=C23)c1. The lowest BCUT2D eigenvalue weighted by atomic mass is 10.1. The van der Waals surface area contributed by atoms with Gasteiger partial charge in [-0.1, -0.05) is 19.9 Å². The number of sulfonamides is 1. The number of hydrogen-bond donors (Lipinski definition) is 2. The molecule has 1 aromatic rings. The number of amidine groups is 1. The predicted molar refractivity (Wildman–Crippen MR) is 104 cm³/mol. The van der Waals surface area contributed by atoms with Gasteiger partial charge in [-0.15, -0.1) is 4.40 Å². The number of amides is 2. The van der Waals surface area contributed by atoms with Crippen LogP contribution < -0.4 is 10.6 Å². The Morgan fingerprint density at radius 1 is 1.19 bits per heavy atom. The van der Waals surface area contributed by atoms with E-state index in [1.165, 1.54) is 6.08 Å². The molecule has 27 heavy (non-hydrogen) atoms. The monoisotopic (exact) mass is 388 g/mol. The molecule has 2 heterocycles. The van der Waals surface area contributed by atoms with E-state index < -0.39 is 15.9 Å². The molecule has 0 aromatic heterocycles. The van der Waals surface area contributed by atoms with Gasteiger partial charge < -0.3 is 15.5 Å². The lowest BCUT2D eigenvalue weighted by Crippen LogP contribution is -2.40. The topological polar surface area (TPSA) is 108 Å². The Labute approximate surface area is 157 Å². The highest BCUT2D eigenvalue weighted by atomic mass is 32.2. The summed E-state index contributed by atoms with van der Waals surface area (Å²) in [5.41, 5.74) is 1.20. The molecule has 9 heteroatoms. The minimum absolute atomic E-state index is 0.0899. The number of anilines is 2. The molecular formula is C18H20N4O4S. The van der Waals surface area contributed by atoms with Crippen LogP contribution in [0.3, 0.4) is 0 Å². The van der Waals surface area contributed by atoms with Crippen LogP contribution in [-0.4, -0.2) is 43.3 Å². The Morgan fingerprint density at radius 2 is 1.89 bits per heavy atom. The fraction of sp³-hybridized carbons (Fsp3) is 0.278. The van der Waals surface area contributed by atoms with E-state index in [1.807, 2.05) is 0 Å². The molecule has 142 valence electrons. The summed E-state index contributed by atoms with van der Waals surface area (Å²) in [6.07, 6.45) is 4.88. The van der Waals surface area contributed by atoms with E-state index in [0.717, 1.165) is 0 Å². The van der Waals surface area contributed by atoms with Gasteiger partial charge in [-0.2, -0.15) is 0 Å². The summed E-state index contributed by atoms with van der Waals surface area (Å²) in [6.45, 7) is 3.82. The molecule has 2 amide bonds. The largest absolute Gasteiger partial charge is 0.331 e. The standard InChI is InChI=1S/C18H20N4O4S/c1-12(2)17(23)19-13-5-3-6-14(11-13)20-18(24)15-7-4-8-22-9-10-27(25,26)21-16(15)22/h3-8,11-12H,9-10H2,1-2H3,(H,19,23)(H,20,24). The minimum atomic E-state index is -3.58. The van der Waals surface area contributed by atoms with Gasteiger partial charge in [-0.25, -0.2) is 8.42 Å². The van der Waals surface area contributed by atoms with Crippen molar-refractivity contribution in [2.24, 2.45) is 10.3 Å². The smallest absolute Gasteiger partial charge is 0.259 e. The quantitative estimate of drug-likeness (QED) is 0.816. The second-order valence-corrected chi connectivity index (χ2v) is 8.25. The van der Waals surface area contributed by atoms with Gasteiger partial charge in [0.1, 0.15) is 0 Å². The summed E-state index contributed by atoms with van der Waals surface area (Å²) >= 11 is 0. The molecule has 0 saturated carbocycles. The normalized spacial score (nSPS) is 17.7. The van der Waals surface area contributed by atoms with Crippen LogP contribution in [0.25, 0.3) is 0 Å². The van der Waals surface area contributed by atoms with Crippen molar-refractivity contribution in [3.8, 4) is 0 Å². The first-order valence-corrected chi connectivity index (χ1v) is 10.1. The second-order valence-electron chi connectivity index (χ2n) is 6.50. The van der Waals surface area contributed by atoms with Crippen molar-refractivity contribution < 1.29 is 18.0 Å². The van der Waals surface area contributed by atoms with Crippen LogP contribution in [0.2, 0.25) is 0 Å². The zero-order valence-electron chi connectivity index (χ0n) is 15.0. The van der Waals surface area contributed by atoms with Gasteiger partial charge in [0, 0.05) is 30.0 Å². The van der Waals surface area contributed by atoms with Gasteiger partial charge in [-0.3, -0.25) is 9.59 Å². The fourth-order valence-electron chi connectivity index (χ4n) is 2.55. The molecule has 2 aliphatic heterocycles. The van der Waals surface area contributed by atoms with Crippen LogP contribution >= 0.6 is 0 Å². The summed E-state index contributed by atoms with van der Waals surface area (Å²) in [7, 11) is -3.58. The molecule has 0 saturated heterocycles. The third-order valence-corrected chi connectivity index (χ3v) is 5.16. The summed E-state index contributed by atoms with van der Waals surface area (Å²) < 4.78 is 27.3. The maximum absolute atomic E-state index is 12.7. The van der Waals surface area contributed by atoms with E-state index in [1.54, 1.807) is 55.3 Å². The number of nitrogens with zero attached hydrogens (tertiary/aromatic N) is 2. The summed E-state index contributed by atoms with van der Waals surface area (Å²) in [4.78, 5) is 26.1. The van der Waals surface area contributed by atoms with Crippen molar-refractivity contribution in [1.29, 1.82) is 0 Å². The number of carbonyl (C=O) groups is 2. The average molecular weight is 388 g/mol. The van der Waals surface area contributed by atoms with Gasteiger partial charge in [0.05, 0.1) is 11.3 Å². The molecule has 0 atom stereocenters.